The van der Waals surface area contributed by atoms with Crippen LogP contribution < -0.4 is 11.1 Å². The first-order chi connectivity index (χ1) is 10.1. The van der Waals surface area contributed by atoms with E-state index in [0.717, 1.165) is 5.56 Å². The van der Waals surface area contributed by atoms with Crippen LogP contribution in [0.4, 0.5) is 11.4 Å². The predicted octanol–water partition coefficient (Wildman–Crippen LogP) is 2.54. The van der Waals surface area contributed by atoms with Gasteiger partial charge < -0.3 is 16.2 Å². The number of amides is 1. The average Bonchev–Trinajstić information content (AvgIpc) is 2.48. The fraction of sp³-hybridized carbons (Fsp3) is 0.125. The van der Waals surface area contributed by atoms with Crippen molar-refractivity contribution < 1.29 is 14.7 Å². The zero-order chi connectivity index (χ0) is 15.2. The normalized spacial score (nSPS) is 10.1. The van der Waals surface area contributed by atoms with Gasteiger partial charge in [0.15, 0.2) is 0 Å². The first kappa shape index (κ1) is 14.6. The maximum atomic E-state index is 11.9. The van der Waals surface area contributed by atoms with Gasteiger partial charge in [-0.15, -0.1) is 0 Å². The van der Waals surface area contributed by atoms with Gasteiger partial charge in [-0.05, 0) is 30.2 Å². The highest BCUT2D eigenvalue weighted by Crippen LogP contribution is 2.19. The van der Waals surface area contributed by atoms with Gasteiger partial charge >= 0.3 is 5.97 Å². The molecule has 0 saturated heterocycles. The molecular weight excluding hydrogens is 268 g/mol. The monoisotopic (exact) mass is 284 g/mol. The second-order valence-corrected chi connectivity index (χ2v) is 4.64. The van der Waals surface area contributed by atoms with Crippen molar-refractivity contribution in [1.29, 1.82) is 0 Å². The number of aryl methyl sites for hydroxylation is 1. The van der Waals surface area contributed by atoms with Gasteiger partial charge in [0.25, 0.3) is 0 Å². The summed E-state index contributed by atoms with van der Waals surface area (Å²) in [6.07, 6.45) is 0.886. The standard InChI is InChI=1S/C16H16N2O3/c17-12-7-8-14(13(10-12)16(20)21)18-15(19)9-6-11-4-2-1-3-5-11/h1-5,7-8,10H,6,9,17H2,(H,18,19)(H,20,21). The Morgan fingerprint density at radius 1 is 1.10 bits per heavy atom. The van der Waals surface area contributed by atoms with Crippen LogP contribution in [-0.2, 0) is 11.2 Å². The van der Waals surface area contributed by atoms with Crippen molar-refractivity contribution in [2.24, 2.45) is 0 Å². The second-order valence-electron chi connectivity index (χ2n) is 4.64. The van der Waals surface area contributed by atoms with Gasteiger partial charge in [-0.2, -0.15) is 0 Å². The molecule has 0 aromatic heterocycles. The van der Waals surface area contributed by atoms with Crippen molar-refractivity contribution in [3.63, 3.8) is 0 Å². The van der Waals surface area contributed by atoms with Crippen LogP contribution in [0.5, 0.6) is 0 Å². The number of carboxylic acids is 1. The number of carbonyl (C=O) groups excluding carboxylic acids is 1. The fourth-order valence-corrected chi connectivity index (χ4v) is 1.96. The molecule has 0 aliphatic rings. The summed E-state index contributed by atoms with van der Waals surface area (Å²) in [4.78, 5) is 23.0. The number of carbonyl (C=O) groups is 2. The largest absolute Gasteiger partial charge is 0.478 e. The van der Waals surface area contributed by atoms with Crippen LogP contribution in [0.1, 0.15) is 22.3 Å². The van der Waals surface area contributed by atoms with Crippen LogP contribution in [0.3, 0.4) is 0 Å². The van der Waals surface area contributed by atoms with Crippen molar-refractivity contribution in [2.75, 3.05) is 11.1 Å². The summed E-state index contributed by atoms with van der Waals surface area (Å²) < 4.78 is 0. The number of rotatable bonds is 5. The number of nitrogen functional groups attached to an aromatic ring is 1. The summed E-state index contributed by atoms with van der Waals surface area (Å²) in [5.41, 5.74) is 7.20. The van der Waals surface area contributed by atoms with E-state index < -0.39 is 5.97 Å². The molecule has 0 unspecified atom stereocenters. The number of hydrogen-bond donors (Lipinski definition) is 3. The Kier molecular flexibility index (Phi) is 4.56. The van der Waals surface area contributed by atoms with E-state index in [1.807, 2.05) is 30.3 Å². The molecule has 0 bridgehead atoms. The fourth-order valence-electron chi connectivity index (χ4n) is 1.96. The molecule has 4 N–H and O–H groups in total. The molecular formula is C16H16N2O3. The third-order valence-corrected chi connectivity index (χ3v) is 3.03. The van der Waals surface area contributed by atoms with Gasteiger partial charge in [-0.1, -0.05) is 30.3 Å². The number of anilines is 2. The topological polar surface area (TPSA) is 92.4 Å². The molecule has 21 heavy (non-hydrogen) atoms. The minimum absolute atomic E-state index is 0.0111. The summed E-state index contributed by atoms with van der Waals surface area (Å²) in [7, 11) is 0. The molecule has 5 nitrogen and oxygen atoms in total. The molecule has 0 atom stereocenters. The van der Waals surface area contributed by atoms with E-state index in [-0.39, 0.29) is 23.6 Å². The highest BCUT2D eigenvalue weighted by Gasteiger charge is 2.12. The summed E-state index contributed by atoms with van der Waals surface area (Å²) in [6, 6.07) is 14.0. The van der Waals surface area contributed by atoms with Gasteiger partial charge in [-0.3, -0.25) is 4.79 Å². The van der Waals surface area contributed by atoms with Crippen LogP contribution in [0.15, 0.2) is 48.5 Å². The molecule has 0 spiro atoms. The Balaban J connectivity index is 2.01. The van der Waals surface area contributed by atoms with Gasteiger partial charge in [0, 0.05) is 12.1 Å². The molecule has 2 aromatic carbocycles. The first-order valence-electron chi connectivity index (χ1n) is 6.53. The van der Waals surface area contributed by atoms with Crippen molar-refractivity contribution in [2.45, 2.75) is 12.8 Å². The lowest BCUT2D eigenvalue weighted by Gasteiger charge is -2.09. The molecule has 108 valence electrons. The smallest absolute Gasteiger partial charge is 0.337 e. The van der Waals surface area contributed by atoms with Crippen LogP contribution >= 0.6 is 0 Å². The van der Waals surface area contributed by atoms with Crippen LogP contribution in [0.25, 0.3) is 0 Å². The molecule has 1 amide bonds. The minimum atomic E-state index is -1.12. The number of hydrogen-bond acceptors (Lipinski definition) is 3. The molecule has 0 aliphatic heterocycles. The Morgan fingerprint density at radius 2 is 1.81 bits per heavy atom. The zero-order valence-electron chi connectivity index (χ0n) is 11.4. The number of aromatic carboxylic acids is 1. The molecule has 0 fully saturated rings. The van der Waals surface area contributed by atoms with E-state index in [9.17, 15) is 9.59 Å². The summed E-state index contributed by atoms with van der Waals surface area (Å²) in [5, 5.41) is 11.7. The Bertz CT molecular complexity index is 654. The molecule has 5 heteroatoms. The van der Waals surface area contributed by atoms with Crippen molar-refractivity contribution in [3.05, 3.63) is 59.7 Å². The molecule has 0 radical (unpaired) electrons. The van der Waals surface area contributed by atoms with Gasteiger partial charge in [0.2, 0.25) is 5.91 Å². The van der Waals surface area contributed by atoms with E-state index in [1.54, 1.807) is 6.07 Å². The summed E-state index contributed by atoms with van der Waals surface area (Å²) in [6.45, 7) is 0. The summed E-state index contributed by atoms with van der Waals surface area (Å²) >= 11 is 0. The predicted molar refractivity (Wildman–Crippen MR) is 81.2 cm³/mol. The average molecular weight is 284 g/mol. The van der Waals surface area contributed by atoms with Crippen molar-refractivity contribution in [1.82, 2.24) is 0 Å². The maximum Gasteiger partial charge on any atom is 0.337 e. The van der Waals surface area contributed by atoms with Crippen LogP contribution in [-0.4, -0.2) is 17.0 Å². The Morgan fingerprint density at radius 3 is 2.48 bits per heavy atom. The Hall–Kier alpha value is -2.82. The highest BCUT2D eigenvalue weighted by molar-refractivity contribution is 6.01. The lowest BCUT2D eigenvalue weighted by Crippen LogP contribution is -2.15. The lowest BCUT2D eigenvalue weighted by molar-refractivity contribution is -0.116. The van der Waals surface area contributed by atoms with E-state index in [1.165, 1.54) is 12.1 Å². The lowest BCUT2D eigenvalue weighted by atomic mass is 10.1. The third-order valence-electron chi connectivity index (χ3n) is 3.03. The van der Waals surface area contributed by atoms with Gasteiger partial charge in [0.1, 0.15) is 0 Å². The highest BCUT2D eigenvalue weighted by atomic mass is 16.4. The van der Waals surface area contributed by atoms with E-state index in [2.05, 4.69) is 5.32 Å². The van der Waals surface area contributed by atoms with E-state index in [4.69, 9.17) is 10.8 Å². The molecule has 2 rings (SSSR count). The SMILES string of the molecule is Nc1ccc(NC(=O)CCc2ccccc2)c(C(=O)O)c1. The number of benzene rings is 2. The van der Waals surface area contributed by atoms with Crippen LogP contribution in [0.2, 0.25) is 0 Å². The van der Waals surface area contributed by atoms with Gasteiger partial charge in [0.05, 0.1) is 11.3 Å². The Labute approximate surface area is 122 Å². The molecule has 0 saturated carbocycles. The maximum absolute atomic E-state index is 11.9. The number of nitrogens with one attached hydrogen (secondary N) is 1. The van der Waals surface area contributed by atoms with Crippen LogP contribution in [0, 0.1) is 0 Å². The zero-order valence-corrected chi connectivity index (χ0v) is 11.4. The van der Waals surface area contributed by atoms with E-state index in [0.29, 0.717) is 12.1 Å². The molecule has 2 aromatic rings. The van der Waals surface area contributed by atoms with Crippen molar-refractivity contribution >= 4 is 23.3 Å². The number of carboxylic acid groups (broad SMARTS) is 1. The minimum Gasteiger partial charge on any atom is -0.478 e. The second kappa shape index (κ2) is 6.56. The first-order valence-corrected chi connectivity index (χ1v) is 6.53. The van der Waals surface area contributed by atoms with Gasteiger partial charge in [-0.25, -0.2) is 4.79 Å². The number of nitrogens with two attached hydrogens (primary N) is 1. The third kappa shape index (κ3) is 4.07. The molecule has 0 aliphatic carbocycles. The van der Waals surface area contributed by atoms with E-state index >= 15 is 0 Å². The quantitative estimate of drug-likeness (QED) is 0.736. The molecule has 0 heterocycles. The summed E-state index contributed by atoms with van der Waals surface area (Å²) in [5.74, 6) is -1.35. The van der Waals surface area contributed by atoms with Crippen molar-refractivity contribution in [3.8, 4) is 0 Å².